The Morgan fingerprint density at radius 3 is 2.39 bits per heavy atom. The van der Waals surface area contributed by atoms with E-state index in [1.165, 1.54) is 11.8 Å². The molecule has 92 valence electrons. The lowest BCUT2D eigenvalue weighted by atomic mass is 10.3. The summed E-state index contributed by atoms with van der Waals surface area (Å²) < 4.78 is 6.48. The number of ether oxygens (including phenoxy) is 1. The first kappa shape index (κ1) is 13.5. The van der Waals surface area contributed by atoms with Gasteiger partial charge in [0.2, 0.25) is 0 Å². The number of thioether (sulfide) groups is 1. The van der Waals surface area contributed by atoms with Gasteiger partial charge in [-0.15, -0.1) is 0 Å². The molecule has 0 bridgehead atoms. The highest BCUT2D eigenvalue weighted by molar-refractivity contribution is 9.10. The molecular formula is C14H10BrClOS. The van der Waals surface area contributed by atoms with E-state index in [-0.39, 0.29) is 0 Å². The summed E-state index contributed by atoms with van der Waals surface area (Å²) in [6.07, 6.45) is 0. The summed E-state index contributed by atoms with van der Waals surface area (Å²) in [5.41, 5.74) is 0. The first-order chi connectivity index (χ1) is 8.74. The molecule has 0 spiro atoms. The molecule has 0 fully saturated rings. The van der Waals surface area contributed by atoms with E-state index in [1.54, 1.807) is 5.41 Å². The van der Waals surface area contributed by atoms with Crippen molar-refractivity contribution in [2.24, 2.45) is 0 Å². The normalized spacial score (nSPS) is 11.3. The van der Waals surface area contributed by atoms with Crippen LogP contribution in [-0.4, -0.2) is 0 Å². The van der Waals surface area contributed by atoms with E-state index in [2.05, 4.69) is 15.9 Å². The fourth-order valence-electron chi connectivity index (χ4n) is 1.25. The van der Waals surface area contributed by atoms with E-state index >= 15 is 0 Å². The monoisotopic (exact) mass is 340 g/mol. The molecule has 0 amide bonds. The van der Waals surface area contributed by atoms with Crippen LogP contribution in [-0.2, 0) is 0 Å². The lowest BCUT2D eigenvalue weighted by molar-refractivity contribution is 0.464. The molecule has 0 unspecified atom stereocenters. The van der Waals surface area contributed by atoms with Crippen LogP contribution >= 0.6 is 39.3 Å². The minimum absolute atomic E-state index is 0.353. The highest BCUT2D eigenvalue weighted by Gasteiger charge is 1.98. The van der Waals surface area contributed by atoms with Gasteiger partial charge in [0.05, 0.1) is 0 Å². The number of hydrogen-bond acceptors (Lipinski definition) is 2. The standard InChI is InChI=1S/C14H10BrClOS/c15-11-6-8-12(9-7-11)17-14(16)10-18-13-4-2-1-3-5-13/h1-10H/b14-10-. The fraction of sp³-hybridized carbons (Fsp3) is 0. The highest BCUT2D eigenvalue weighted by atomic mass is 79.9. The van der Waals surface area contributed by atoms with Gasteiger partial charge in [0.15, 0.2) is 5.22 Å². The molecule has 2 aromatic carbocycles. The van der Waals surface area contributed by atoms with Crippen LogP contribution in [0.15, 0.2) is 74.6 Å². The molecule has 1 nitrogen and oxygen atoms in total. The molecule has 0 saturated carbocycles. The van der Waals surface area contributed by atoms with E-state index in [9.17, 15) is 0 Å². The number of halogens is 2. The lowest BCUT2D eigenvalue weighted by Gasteiger charge is -2.03. The van der Waals surface area contributed by atoms with Crippen molar-refractivity contribution in [3.8, 4) is 5.75 Å². The molecule has 0 heterocycles. The average molecular weight is 342 g/mol. The van der Waals surface area contributed by atoms with Crippen LogP contribution in [0.5, 0.6) is 5.75 Å². The summed E-state index contributed by atoms with van der Waals surface area (Å²) >= 11 is 10.9. The third-order valence-corrected chi connectivity index (χ3v) is 3.78. The Hall–Kier alpha value is -0.900. The number of rotatable bonds is 4. The molecule has 0 atom stereocenters. The molecule has 18 heavy (non-hydrogen) atoms. The molecule has 2 aromatic rings. The van der Waals surface area contributed by atoms with Crippen LogP contribution in [0.3, 0.4) is 0 Å². The van der Waals surface area contributed by atoms with Crippen molar-refractivity contribution in [3.63, 3.8) is 0 Å². The molecule has 2 rings (SSSR count). The van der Waals surface area contributed by atoms with Gasteiger partial charge in [-0.05, 0) is 48.0 Å². The van der Waals surface area contributed by atoms with Gasteiger partial charge in [0.25, 0.3) is 0 Å². The molecule has 0 aromatic heterocycles. The predicted octanol–water partition coefficient (Wildman–Crippen LogP) is 5.66. The van der Waals surface area contributed by atoms with Gasteiger partial charge in [-0.2, -0.15) is 0 Å². The second kappa shape index (κ2) is 6.88. The van der Waals surface area contributed by atoms with E-state index in [4.69, 9.17) is 16.3 Å². The van der Waals surface area contributed by atoms with Crippen LogP contribution in [0.25, 0.3) is 0 Å². The molecule has 0 aliphatic rings. The largest absolute Gasteiger partial charge is 0.445 e. The first-order valence-corrected chi connectivity index (χ1v) is 7.30. The zero-order valence-corrected chi connectivity index (χ0v) is 12.5. The molecule has 0 radical (unpaired) electrons. The molecule has 0 saturated heterocycles. The van der Waals surface area contributed by atoms with Gasteiger partial charge in [-0.25, -0.2) is 0 Å². The topological polar surface area (TPSA) is 9.23 Å². The summed E-state index contributed by atoms with van der Waals surface area (Å²) in [5, 5.41) is 2.13. The van der Waals surface area contributed by atoms with Crippen molar-refractivity contribution in [1.29, 1.82) is 0 Å². The van der Waals surface area contributed by atoms with E-state index in [0.29, 0.717) is 11.0 Å². The molecule has 4 heteroatoms. The zero-order chi connectivity index (χ0) is 12.8. The number of hydrogen-bond donors (Lipinski definition) is 0. The number of benzene rings is 2. The van der Waals surface area contributed by atoms with Gasteiger partial charge in [0.1, 0.15) is 5.75 Å². The van der Waals surface area contributed by atoms with Crippen LogP contribution < -0.4 is 4.74 Å². The maximum absolute atomic E-state index is 6.01. The van der Waals surface area contributed by atoms with E-state index < -0.39 is 0 Å². The van der Waals surface area contributed by atoms with Crippen LogP contribution in [0, 0.1) is 0 Å². The van der Waals surface area contributed by atoms with Crippen molar-refractivity contribution in [2.75, 3.05) is 0 Å². The zero-order valence-electron chi connectivity index (χ0n) is 9.35. The van der Waals surface area contributed by atoms with Gasteiger partial charge in [0, 0.05) is 14.8 Å². The second-order valence-corrected chi connectivity index (χ2v) is 5.64. The van der Waals surface area contributed by atoms with Crippen LogP contribution in [0.1, 0.15) is 0 Å². The lowest BCUT2D eigenvalue weighted by Crippen LogP contribution is -1.86. The van der Waals surface area contributed by atoms with Gasteiger partial charge >= 0.3 is 0 Å². The van der Waals surface area contributed by atoms with Crippen LogP contribution in [0.4, 0.5) is 0 Å². The fourth-order valence-corrected chi connectivity index (χ4v) is 2.33. The summed E-state index contributed by atoms with van der Waals surface area (Å²) in [6, 6.07) is 17.5. The first-order valence-electron chi connectivity index (χ1n) is 5.25. The van der Waals surface area contributed by atoms with Crippen molar-refractivity contribution < 1.29 is 4.74 Å². The quantitative estimate of drug-likeness (QED) is 0.524. The molecule has 0 N–H and O–H groups in total. The van der Waals surface area contributed by atoms with Gasteiger partial charge < -0.3 is 4.74 Å². The maximum atomic E-state index is 6.01. The Morgan fingerprint density at radius 1 is 1.06 bits per heavy atom. The van der Waals surface area contributed by atoms with Crippen molar-refractivity contribution in [2.45, 2.75) is 4.90 Å². The molecule has 0 aliphatic carbocycles. The summed E-state index contributed by atoms with van der Waals surface area (Å²) in [5.74, 6) is 0.716. The Labute approximate surface area is 124 Å². The van der Waals surface area contributed by atoms with Crippen molar-refractivity contribution in [1.82, 2.24) is 0 Å². The average Bonchev–Trinajstić information content (AvgIpc) is 2.40. The van der Waals surface area contributed by atoms with Crippen molar-refractivity contribution in [3.05, 3.63) is 69.7 Å². The smallest absolute Gasteiger partial charge is 0.200 e. The maximum Gasteiger partial charge on any atom is 0.200 e. The molecule has 0 aliphatic heterocycles. The third kappa shape index (κ3) is 4.41. The minimum Gasteiger partial charge on any atom is -0.445 e. The Bertz CT molecular complexity index is 525. The SMILES string of the molecule is Cl/C(=C/Sc1ccccc1)Oc1ccc(Br)cc1. The highest BCUT2D eigenvalue weighted by Crippen LogP contribution is 2.24. The van der Waals surface area contributed by atoms with E-state index in [0.717, 1.165) is 9.37 Å². The Kier molecular flexibility index (Phi) is 5.17. The van der Waals surface area contributed by atoms with E-state index in [1.807, 2.05) is 54.6 Å². The van der Waals surface area contributed by atoms with Gasteiger partial charge in [-0.3, -0.25) is 0 Å². The van der Waals surface area contributed by atoms with Gasteiger partial charge in [-0.1, -0.05) is 45.9 Å². The second-order valence-electron chi connectivity index (χ2n) is 3.41. The third-order valence-electron chi connectivity index (χ3n) is 2.06. The van der Waals surface area contributed by atoms with Crippen molar-refractivity contribution >= 4 is 39.3 Å². The molecular weight excluding hydrogens is 332 g/mol. The summed E-state index contributed by atoms with van der Waals surface area (Å²) in [7, 11) is 0. The minimum atomic E-state index is 0.353. The predicted molar refractivity (Wildman–Crippen MR) is 81.0 cm³/mol. The van der Waals surface area contributed by atoms with Crippen LogP contribution in [0.2, 0.25) is 0 Å². The Balaban J connectivity index is 1.95. The Morgan fingerprint density at radius 2 is 1.72 bits per heavy atom. The summed E-state index contributed by atoms with van der Waals surface area (Å²) in [4.78, 5) is 1.12. The summed E-state index contributed by atoms with van der Waals surface area (Å²) in [6.45, 7) is 0.